The number of carbonyl (C=O) groups excluding carboxylic acids is 1. The number of hydrogen-bond acceptors (Lipinski definition) is 2. The summed E-state index contributed by atoms with van der Waals surface area (Å²) in [6.45, 7) is 2.31. The average Bonchev–Trinajstić information content (AvgIpc) is 2.39. The number of hydrogen-bond donors (Lipinski definition) is 1. The normalized spacial score (nSPS) is 21.8. The number of nitrogens with zero attached hydrogens (tertiary/aromatic N) is 1. The van der Waals surface area contributed by atoms with E-state index in [0.29, 0.717) is 0 Å². The highest BCUT2D eigenvalue weighted by molar-refractivity contribution is 5.87. The van der Waals surface area contributed by atoms with Crippen LogP contribution in [-0.2, 0) is 10.2 Å². The topological polar surface area (TPSA) is 46.3 Å². The van der Waals surface area contributed by atoms with Gasteiger partial charge in [0.1, 0.15) is 0 Å². The van der Waals surface area contributed by atoms with Crippen LogP contribution in [0.5, 0.6) is 0 Å². The summed E-state index contributed by atoms with van der Waals surface area (Å²) in [5.41, 5.74) is 7.61. The largest absolute Gasteiger partial charge is 0.372 e. The molecule has 1 saturated heterocycles. The minimum Gasteiger partial charge on any atom is -0.372 e. The SMILES string of the molecule is NC(=O)C1(c2ccc(N3CCCCC3)cc2)CCC1. The minimum atomic E-state index is -0.375. The van der Waals surface area contributed by atoms with E-state index in [9.17, 15) is 4.79 Å². The lowest BCUT2D eigenvalue weighted by Gasteiger charge is -2.39. The van der Waals surface area contributed by atoms with Crippen LogP contribution in [-0.4, -0.2) is 19.0 Å². The van der Waals surface area contributed by atoms with Gasteiger partial charge < -0.3 is 10.6 Å². The third-order valence-electron chi connectivity index (χ3n) is 4.82. The van der Waals surface area contributed by atoms with Crippen molar-refractivity contribution in [2.75, 3.05) is 18.0 Å². The van der Waals surface area contributed by atoms with Crippen molar-refractivity contribution in [2.24, 2.45) is 5.73 Å². The highest BCUT2D eigenvalue weighted by atomic mass is 16.1. The Hall–Kier alpha value is -1.51. The van der Waals surface area contributed by atoms with Crippen LogP contribution >= 0.6 is 0 Å². The molecule has 1 aromatic carbocycles. The molecule has 102 valence electrons. The first-order valence-corrected chi connectivity index (χ1v) is 7.38. The van der Waals surface area contributed by atoms with Gasteiger partial charge in [-0.1, -0.05) is 18.6 Å². The van der Waals surface area contributed by atoms with Gasteiger partial charge in [0.05, 0.1) is 5.41 Å². The van der Waals surface area contributed by atoms with Crippen LogP contribution in [0.2, 0.25) is 0 Å². The van der Waals surface area contributed by atoms with E-state index in [2.05, 4.69) is 29.2 Å². The number of carbonyl (C=O) groups is 1. The highest BCUT2D eigenvalue weighted by Gasteiger charge is 2.44. The van der Waals surface area contributed by atoms with Crippen LogP contribution in [0.15, 0.2) is 24.3 Å². The van der Waals surface area contributed by atoms with Crippen molar-refractivity contribution in [1.29, 1.82) is 0 Å². The second-order valence-electron chi connectivity index (χ2n) is 5.89. The van der Waals surface area contributed by atoms with Crippen molar-refractivity contribution < 1.29 is 4.79 Å². The van der Waals surface area contributed by atoms with Crippen molar-refractivity contribution in [1.82, 2.24) is 0 Å². The number of nitrogens with two attached hydrogens (primary N) is 1. The molecular formula is C16H22N2O. The van der Waals surface area contributed by atoms with Crippen LogP contribution < -0.4 is 10.6 Å². The van der Waals surface area contributed by atoms with Crippen LogP contribution in [0.4, 0.5) is 5.69 Å². The van der Waals surface area contributed by atoms with E-state index in [-0.39, 0.29) is 11.3 Å². The lowest BCUT2D eigenvalue weighted by Crippen LogP contribution is -2.46. The molecule has 1 saturated carbocycles. The van der Waals surface area contributed by atoms with Crippen molar-refractivity contribution in [3.8, 4) is 0 Å². The lowest BCUT2D eigenvalue weighted by atomic mass is 9.64. The Balaban J connectivity index is 1.80. The first kappa shape index (κ1) is 12.5. The zero-order valence-corrected chi connectivity index (χ0v) is 11.4. The fourth-order valence-electron chi connectivity index (χ4n) is 3.35. The van der Waals surface area contributed by atoms with Crippen molar-refractivity contribution in [2.45, 2.75) is 43.9 Å². The molecule has 1 aromatic rings. The minimum absolute atomic E-state index is 0.163. The van der Waals surface area contributed by atoms with E-state index in [4.69, 9.17) is 5.73 Å². The molecule has 0 spiro atoms. The summed E-state index contributed by atoms with van der Waals surface area (Å²) in [6.07, 6.45) is 6.84. The van der Waals surface area contributed by atoms with Crippen molar-refractivity contribution in [3.63, 3.8) is 0 Å². The smallest absolute Gasteiger partial charge is 0.228 e. The van der Waals surface area contributed by atoms with Gasteiger partial charge in [0.25, 0.3) is 0 Å². The monoisotopic (exact) mass is 258 g/mol. The number of piperidine rings is 1. The summed E-state index contributed by atoms with van der Waals surface area (Å²) in [5.74, 6) is -0.163. The van der Waals surface area contributed by atoms with Gasteiger partial charge in [0, 0.05) is 18.8 Å². The maximum Gasteiger partial charge on any atom is 0.228 e. The summed E-state index contributed by atoms with van der Waals surface area (Å²) < 4.78 is 0. The Kier molecular flexibility index (Phi) is 3.21. The predicted octanol–water partition coefficient (Wildman–Crippen LogP) is 2.58. The number of benzene rings is 1. The van der Waals surface area contributed by atoms with Gasteiger partial charge in [0.15, 0.2) is 0 Å². The van der Waals surface area contributed by atoms with Crippen LogP contribution in [0.25, 0.3) is 0 Å². The van der Waals surface area contributed by atoms with Crippen LogP contribution in [0.3, 0.4) is 0 Å². The molecule has 0 unspecified atom stereocenters. The molecule has 1 aliphatic carbocycles. The molecule has 2 N–H and O–H groups in total. The first-order chi connectivity index (χ1) is 9.22. The Morgan fingerprint density at radius 1 is 1.00 bits per heavy atom. The summed E-state index contributed by atoms with van der Waals surface area (Å²) in [7, 11) is 0. The van der Waals surface area contributed by atoms with Gasteiger partial charge in [-0.3, -0.25) is 4.79 Å². The molecule has 0 bridgehead atoms. The van der Waals surface area contributed by atoms with Gasteiger partial charge >= 0.3 is 0 Å². The number of rotatable bonds is 3. The molecule has 0 radical (unpaired) electrons. The Morgan fingerprint density at radius 3 is 2.11 bits per heavy atom. The Bertz CT molecular complexity index is 456. The quantitative estimate of drug-likeness (QED) is 0.905. The predicted molar refractivity (Wildman–Crippen MR) is 77.2 cm³/mol. The Labute approximate surface area is 114 Å². The standard InChI is InChI=1S/C16H22N2O/c17-15(19)16(9-4-10-16)13-5-7-14(8-6-13)18-11-2-1-3-12-18/h5-8H,1-4,9-12H2,(H2,17,19). The van der Waals surface area contributed by atoms with E-state index in [1.807, 2.05) is 0 Å². The number of amides is 1. The van der Waals surface area contributed by atoms with Gasteiger partial charge in [0.2, 0.25) is 5.91 Å². The van der Waals surface area contributed by atoms with E-state index in [1.54, 1.807) is 0 Å². The summed E-state index contributed by atoms with van der Waals surface area (Å²) >= 11 is 0. The number of primary amides is 1. The molecule has 1 aliphatic heterocycles. The second-order valence-corrected chi connectivity index (χ2v) is 5.89. The fourth-order valence-corrected chi connectivity index (χ4v) is 3.35. The third-order valence-corrected chi connectivity index (χ3v) is 4.82. The molecule has 0 aromatic heterocycles. The summed E-state index contributed by atoms with van der Waals surface area (Å²) in [4.78, 5) is 14.1. The van der Waals surface area contributed by atoms with Gasteiger partial charge in [-0.25, -0.2) is 0 Å². The molecular weight excluding hydrogens is 236 g/mol. The van der Waals surface area contributed by atoms with Gasteiger partial charge in [-0.2, -0.15) is 0 Å². The molecule has 1 amide bonds. The van der Waals surface area contributed by atoms with E-state index in [1.165, 1.54) is 24.9 Å². The van der Waals surface area contributed by atoms with E-state index < -0.39 is 0 Å². The highest BCUT2D eigenvalue weighted by Crippen LogP contribution is 2.43. The van der Waals surface area contributed by atoms with Gasteiger partial charge in [-0.05, 0) is 49.8 Å². The van der Waals surface area contributed by atoms with Gasteiger partial charge in [-0.15, -0.1) is 0 Å². The van der Waals surface area contributed by atoms with E-state index >= 15 is 0 Å². The number of anilines is 1. The van der Waals surface area contributed by atoms with Crippen molar-refractivity contribution >= 4 is 11.6 Å². The first-order valence-electron chi connectivity index (χ1n) is 7.38. The fraction of sp³-hybridized carbons (Fsp3) is 0.562. The van der Waals surface area contributed by atoms with Crippen LogP contribution in [0, 0.1) is 0 Å². The molecule has 2 aliphatic rings. The molecule has 0 atom stereocenters. The molecule has 3 rings (SSSR count). The molecule has 3 heteroatoms. The summed E-state index contributed by atoms with van der Waals surface area (Å²) in [6, 6.07) is 8.52. The maximum atomic E-state index is 11.7. The molecule has 2 fully saturated rings. The second kappa shape index (κ2) is 4.87. The average molecular weight is 258 g/mol. The zero-order valence-electron chi connectivity index (χ0n) is 11.4. The van der Waals surface area contributed by atoms with E-state index in [0.717, 1.165) is 37.9 Å². The maximum absolute atomic E-state index is 11.7. The summed E-state index contributed by atoms with van der Waals surface area (Å²) in [5, 5.41) is 0. The molecule has 1 heterocycles. The molecule has 3 nitrogen and oxygen atoms in total. The lowest BCUT2D eigenvalue weighted by molar-refractivity contribution is -0.126. The molecule has 19 heavy (non-hydrogen) atoms. The van der Waals surface area contributed by atoms with Crippen LogP contribution in [0.1, 0.15) is 44.1 Å². The zero-order chi connectivity index (χ0) is 13.3. The van der Waals surface area contributed by atoms with Crippen molar-refractivity contribution in [3.05, 3.63) is 29.8 Å². The Morgan fingerprint density at radius 2 is 1.63 bits per heavy atom. The third kappa shape index (κ3) is 2.11.